The van der Waals surface area contributed by atoms with Crippen LogP contribution in [0.15, 0.2) is 29.3 Å². The summed E-state index contributed by atoms with van der Waals surface area (Å²) in [7, 11) is 3.73. The Balaban J connectivity index is 0.00000364. The first-order valence-corrected chi connectivity index (χ1v) is 9.52. The summed E-state index contributed by atoms with van der Waals surface area (Å²) < 4.78 is 5.44. The summed E-state index contributed by atoms with van der Waals surface area (Å²) in [6.45, 7) is 6.23. The molecule has 1 heterocycles. The van der Waals surface area contributed by atoms with Gasteiger partial charge in [0.25, 0.3) is 5.91 Å². The summed E-state index contributed by atoms with van der Waals surface area (Å²) in [5.74, 6) is 1.58. The highest BCUT2D eigenvalue weighted by molar-refractivity contribution is 14.0. The quantitative estimate of drug-likeness (QED) is 0.352. The summed E-state index contributed by atoms with van der Waals surface area (Å²) in [5.41, 5.74) is 1.69. The van der Waals surface area contributed by atoms with Gasteiger partial charge in [-0.15, -0.1) is 24.0 Å². The van der Waals surface area contributed by atoms with E-state index in [0.29, 0.717) is 12.1 Å². The summed E-state index contributed by atoms with van der Waals surface area (Å²) in [6.07, 6.45) is 3.48. The highest BCUT2D eigenvalue weighted by Gasteiger charge is 2.15. The van der Waals surface area contributed by atoms with Gasteiger partial charge in [0.15, 0.2) is 5.96 Å². The zero-order valence-corrected chi connectivity index (χ0v) is 19.0. The van der Waals surface area contributed by atoms with Gasteiger partial charge < -0.3 is 20.3 Å². The first-order chi connectivity index (χ1) is 12.6. The lowest BCUT2D eigenvalue weighted by atomic mass is 9.96. The smallest absolute Gasteiger partial charge is 0.251 e. The zero-order chi connectivity index (χ0) is 18.8. The van der Waals surface area contributed by atoms with E-state index in [1.165, 1.54) is 0 Å². The maximum atomic E-state index is 11.8. The molecular formula is C20H33IN4O2. The second-order valence-corrected chi connectivity index (χ2v) is 6.72. The Morgan fingerprint density at radius 1 is 1.33 bits per heavy atom. The highest BCUT2D eigenvalue weighted by atomic mass is 127. The van der Waals surface area contributed by atoms with E-state index in [1.54, 1.807) is 7.05 Å². The number of aliphatic imine (C=N–C) groups is 1. The number of ether oxygens (including phenoxy) is 1. The van der Waals surface area contributed by atoms with Gasteiger partial charge in [-0.25, -0.2) is 4.99 Å². The molecular weight excluding hydrogens is 455 g/mol. The van der Waals surface area contributed by atoms with Crippen molar-refractivity contribution < 1.29 is 9.53 Å². The largest absolute Gasteiger partial charge is 0.381 e. The molecule has 1 aromatic rings. The molecule has 0 aromatic heterocycles. The Kier molecular flexibility index (Phi) is 11.3. The van der Waals surface area contributed by atoms with Crippen LogP contribution in [-0.4, -0.2) is 57.2 Å². The van der Waals surface area contributed by atoms with E-state index >= 15 is 0 Å². The minimum atomic E-state index is -0.0729. The number of rotatable bonds is 7. The average Bonchev–Trinajstić information content (AvgIpc) is 2.69. The Morgan fingerprint density at radius 3 is 2.74 bits per heavy atom. The molecule has 1 saturated heterocycles. The first-order valence-electron chi connectivity index (χ1n) is 9.52. The third-order valence-electron chi connectivity index (χ3n) is 4.74. The number of guanidine groups is 1. The number of benzene rings is 1. The fourth-order valence-corrected chi connectivity index (χ4v) is 3.11. The molecule has 0 aliphatic carbocycles. The van der Waals surface area contributed by atoms with Crippen LogP contribution in [0, 0.1) is 5.92 Å². The van der Waals surface area contributed by atoms with Crippen molar-refractivity contribution in [1.82, 2.24) is 15.5 Å². The monoisotopic (exact) mass is 488 g/mol. The summed E-state index contributed by atoms with van der Waals surface area (Å²) in [4.78, 5) is 18.7. The van der Waals surface area contributed by atoms with Crippen LogP contribution in [-0.2, 0) is 11.3 Å². The molecule has 1 amide bonds. The maximum Gasteiger partial charge on any atom is 0.251 e. The van der Waals surface area contributed by atoms with Gasteiger partial charge in [0.1, 0.15) is 0 Å². The van der Waals surface area contributed by atoms with Gasteiger partial charge in [-0.1, -0.05) is 12.1 Å². The van der Waals surface area contributed by atoms with Crippen molar-refractivity contribution in [3.63, 3.8) is 0 Å². The molecule has 27 heavy (non-hydrogen) atoms. The normalized spacial score (nSPS) is 15.0. The Morgan fingerprint density at radius 2 is 2.07 bits per heavy atom. The molecule has 0 bridgehead atoms. The second kappa shape index (κ2) is 12.9. The molecule has 2 rings (SSSR count). The maximum absolute atomic E-state index is 11.8. The molecule has 7 heteroatoms. The number of halogens is 1. The number of amides is 1. The molecule has 6 nitrogen and oxygen atoms in total. The van der Waals surface area contributed by atoms with E-state index in [2.05, 4.69) is 29.5 Å². The van der Waals surface area contributed by atoms with Gasteiger partial charge >= 0.3 is 0 Å². The van der Waals surface area contributed by atoms with Crippen LogP contribution in [0.4, 0.5) is 0 Å². The van der Waals surface area contributed by atoms with E-state index in [9.17, 15) is 4.79 Å². The average molecular weight is 488 g/mol. The molecule has 1 aliphatic rings. The SMILES string of the molecule is CCNC(=NCc1cccc(C(=O)NC)c1)N(C)CCC1CCOCC1.I. The van der Waals surface area contributed by atoms with Crippen LogP contribution in [0.1, 0.15) is 42.1 Å². The molecule has 0 spiro atoms. The molecule has 1 aromatic carbocycles. The molecule has 0 radical (unpaired) electrons. The van der Waals surface area contributed by atoms with Crippen LogP contribution in [0.5, 0.6) is 0 Å². The van der Waals surface area contributed by atoms with Crippen molar-refractivity contribution in [3.05, 3.63) is 35.4 Å². The van der Waals surface area contributed by atoms with Crippen molar-refractivity contribution >= 4 is 35.8 Å². The number of hydrogen-bond acceptors (Lipinski definition) is 3. The predicted molar refractivity (Wildman–Crippen MR) is 121 cm³/mol. The Labute approximate surface area is 180 Å². The van der Waals surface area contributed by atoms with Gasteiger partial charge in [-0.3, -0.25) is 4.79 Å². The van der Waals surface area contributed by atoms with E-state index in [1.807, 2.05) is 24.3 Å². The standard InChI is InChI=1S/C20H32N4O2.HI/c1-4-22-20(24(3)11-8-16-9-12-26-13-10-16)23-15-17-6-5-7-18(14-17)19(25)21-2;/h5-7,14,16H,4,8-13,15H2,1-3H3,(H,21,25)(H,22,23);1H. The van der Waals surface area contributed by atoms with Crippen LogP contribution < -0.4 is 10.6 Å². The van der Waals surface area contributed by atoms with Crippen LogP contribution >= 0.6 is 24.0 Å². The summed E-state index contributed by atoms with van der Waals surface area (Å²) in [6, 6.07) is 7.62. The Bertz CT molecular complexity index is 603. The van der Waals surface area contributed by atoms with Crippen LogP contribution in [0.2, 0.25) is 0 Å². The fourth-order valence-electron chi connectivity index (χ4n) is 3.11. The molecule has 1 aliphatic heterocycles. The fraction of sp³-hybridized carbons (Fsp3) is 0.600. The lowest BCUT2D eigenvalue weighted by Crippen LogP contribution is -2.40. The van der Waals surface area contributed by atoms with Crippen molar-refractivity contribution in [3.8, 4) is 0 Å². The number of carbonyl (C=O) groups excluding carboxylic acids is 1. The minimum absolute atomic E-state index is 0. The summed E-state index contributed by atoms with van der Waals surface area (Å²) in [5, 5.41) is 6.02. The first kappa shape index (κ1) is 23.7. The van der Waals surface area contributed by atoms with Gasteiger partial charge in [-0.05, 0) is 49.8 Å². The molecule has 152 valence electrons. The van der Waals surface area contributed by atoms with Gasteiger partial charge in [0.2, 0.25) is 0 Å². The van der Waals surface area contributed by atoms with Gasteiger partial charge in [0.05, 0.1) is 6.54 Å². The van der Waals surface area contributed by atoms with Crippen molar-refractivity contribution in [2.75, 3.05) is 40.4 Å². The summed E-state index contributed by atoms with van der Waals surface area (Å²) >= 11 is 0. The molecule has 0 unspecified atom stereocenters. The van der Waals surface area contributed by atoms with E-state index in [-0.39, 0.29) is 29.9 Å². The van der Waals surface area contributed by atoms with Crippen LogP contribution in [0.25, 0.3) is 0 Å². The number of nitrogens with one attached hydrogen (secondary N) is 2. The van der Waals surface area contributed by atoms with Gasteiger partial charge in [0, 0.05) is 46.0 Å². The second-order valence-electron chi connectivity index (χ2n) is 6.72. The number of carbonyl (C=O) groups is 1. The van der Waals surface area contributed by atoms with E-state index in [0.717, 1.165) is 63.0 Å². The lowest BCUT2D eigenvalue weighted by molar-refractivity contribution is 0.0625. The molecule has 0 saturated carbocycles. The predicted octanol–water partition coefficient (Wildman–Crippen LogP) is 2.88. The minimum Gasteiger partial charge on any atom is -0.381 e. The Hall–Kier alpha value is -1.35. The van der Waals surface area contributed by atoms with E-state index in [4.69, 9.17) is 9.73 Å². The molecule has 2 N–H and O–H groups in total. The number of nitrogens with zero attached hydrogens (tertiary/aromatic N) is 2. The van der Waals surface area contributed by atoms with Gasteiger partial charge in [-0.2, -0.15) is 0 Å². The zero-order valence-electron chi connectivity index (χ0n) is 16.7. The van der Waals surface area contributed by atoms with Crippen molar-refractivity contribution in [1.29, 1.82) is 0 Å². The third kappa shape index (κ3) is 8.04. The lowest BCUT2D eigenvalue weighted by Gasteiger charge is -2.26. The van der Waals surface area contributed by atoms with E-state index < -0.39 is 0 Å². The molecule has 1 fully saturated rings. The highest BCUT2D eigenvalue weighted by Crippen LogP contribution is 2.18. The topological polar surface area (TPSA) is 66.0 Å². The molecule has 0 atom stereocenters. The number of hydrogen-bond donors (Lipinski definition) is 2. The van der Waals surface area contributed by atoms with Crippen molar-refractivity contribution in [2.45, 2.75) is 32.7 Å². The van der Waals surface area contributed by atoms with Crippen LogP contribution in [0.3, 0.4) is 0 Å². The third-order valence-corrected chi connectivity index (χ3v) is 4.74. The van der Waals surface area contributed by atoms with Crippen molar-refractivity contribution in [2.24, 2.45) is 10.9 Å².